The minimum atomic E-state index is 0.222. The van der Waals surface area contributed by atoms with Crippen molar-refractivity contribution in [1.29, 1.82) is 0 Å². The summed E-state index contributed by atoms with van der Waals surface area (Å²) in [5.41, 5.74) is 9.32. The third-order valence-corrected chi connectivity index (χ3v) is 4.21. The summed E-state index contributed by atoms with van der Waals surface area (Å²) < 4.78 is 0. The fourth-order valence-corrected chi connectivity index (χ4v) is 3.18. The standard InChI is InChI=1S/C16H26N2O/c1-11-8-14(9-12(2)16(11)19)10-18-7-5-4-6-15(18)13(3)17/h8-9,13,15,19H,4-7,10,17H2,1-3H3. The topological polar surface area (TPSA) is 49.5 Å². The van der Waals surface area contributed by atoms with Crippen molar-refractivity contribution in [3.05, 3.63) is 28.8 Å². The van der Waals surface area contributed by atoms with Gasteiger partial charge in [-0.25, -0.2) is 0 Å². The van der Waals surface area contributed by atoms with Crippen LogP contribution < -0.4 is 5.73 Å². The van der Waals surface area contributed by atoms with E-state index < -0.39 is 0 Å². The van der Waals surface area contributed by atoms with Gasteiger partial charge in [-0.3, -0.25) is 4.90 Å². The summed E-state index contributed by atoms with van der Waals surface area (Å²) in [6.45, 7) is 8.10. The Kier molecular flexibility index (Phi) is 4.48. The van der Waals surface area contributed by atoms with Crippen LogP contribution in [0.4, 0.5) is 0 Å². The predicted octanol–water partition coefficient (Wildman–Crippen LogP) is 2.71. The number of aryl methyl sites for hydroxylation is 2. The zero-order valence-electron chi connectivity index (χ0n) is 12.3. The van der Waals surface area contributed by atoms with E-state index >= 15 is 0 Å². The number of likely N-dealkylation sites (tertiary alicyclic amines) is 1. The van der Waals surface area contributed by atoms with Gasteiger partial charge >= 0.3 is 0 Å². The molecule has 19 heavy (non-hydrogen) atoms. The minimum absolute atomic E-state index is 0.222. The SMILES string of the molecule is Cc1cc(CN2CCCCC2C(C)N)cc(C)c1O. The first kappa shape index (κ1) is 14.4. The molecule has 3 N–H and O–H groups in total. The van der Waals surface area contributed by atoms with E-state index in [0.717, 1.165) is 24.2 Å². The van der Waals surface area contributed by atoms with Gasteiger partial charge in [0.05, 0.1) is 0 Å². The smallest absolute Gasteiger partial charge is 0.121 e. The number of nitrogens with zero attached hydrogens (tertiary/aromatic N) is 1. The van der Waals surface area contributed by atoms with E-state index in [1.807, 2.05) is 13.8 Å². The normalized spacial score (nSPS) is 22.4. The largest absolute Gasteiger partial charge is 0.507 e. The highest BCUT2D eigenvalue weighted by atomic mass is 16.3. The van der Waals surface area contributed by atoms with Crippen LogP contribution in [0.5, 0.6) is 5.75 Å². The maximum atomic E-state index is 9.84. The zero-order valence-corrected chi connectivity index (χ0v) is 12.3. The van der Waals surface area contributed by atoms with Crippen molar-refractivity contribution in [2.24, 2.45) is 5.73 Å². The van der Waals surface area contributed by atoms with Crippen molar-refractivity contribution in [3.63, 3.8) is 0 Å². The molecule has 2 atom stereocenters. The minimum Gasteiger partial charge on any atom is -0.507 e. The number of piperidine rings is 1. The highest BCUT2D eigenvalue weighted by molar-refractivity contribution is 5.42. The van der Waals surface area contributed by atoms with Crippen LogP contribution in [-0.2, 0) is 6.54 Å². The van der Waals surface area contributed by atoms with Gasteiger partial charge in [0.15, 0.2) is 0 Å². The van der Waals surface area contributed by atoms with Crippen molar-refractivity contribution in [2.75, 3.05) is 6.54 Å². The van der Waals surface area contributed by atoms with Gasteiger partial charge in [-0.15, -0.1) is 0 Å². The van der Waals surface area contributed by atoms with Crippen LogP contribution in [0.1, 0.15) is 42.9 Å². The number of hydrogen-bond donors (Lipinski definition) is 2. The Labute approximate surface area is 116 Å². The lowest BCUT2D eigenvalue weighted by molar-refractivity contribution is 0.123. The Bertz CT molecular complexity index is 419. The van der Waals surface area contributed by atoms with Crippen LogP contribution in [-0.4, -0.2) is 28.6 Å². The molecule has 1 aromatic rings. The van der Waals surface area contributed by atoms with E-state index in [-0.39, 0.29) is 6.04 Å². The van der Waals surface area contributed by atoms with Crippen LogP contribution in [0, 0.1) is 13.8 Å². The summed E-state index contributed by atoms with van der Waals surface area (Å²) in [6, 6.07) is 4.90. The number of rotatable bonds is 3. The number of phenolic OH excluding ortho intramolecular Hbond substituents is 1. The van der Waals surface area contributed by atoms with E-state index in [4.69, 9.17) is 5.73 Å². The lowest BCUT2D eigenvalue weighted by Gasteiger charge is -2.38. The number of benzene rings is 1. The first-order chi connectivity index (χ1) is 8.99. The summed E-state index contributed by atoms with van der Waals surface area (Å²) in [5.74, 6) is 0.422. The Morgan fingerprint density at radius 3 is 2.53 bits per heavy atom. The Balaban J connectivity index is 2.15. The van der Waals surface area contributed by atoms with Crippen LogP contribution >= 0.6 is 0 Å². The number of hydrogen-bond acceptors (Lipinski definition) is 3. The molecule has 1 heterocycles. The maximum absolute atomic E-state index is 9.84. The summed E-state index contributed by atoms with van der Waals surface area (Å²) in [7, 11) is 0. The molecule has 1 saturated heterocycles. The molecule has 0 aromatic heterocycles. The molecule has 3 nitrogen and oxygen atoms in total. The van der Waals surface area contributed by atoms with Gasteiger partial charge in [0.25, 0.3) is 0 Å². The van der Waals surface area contributed by atoms with E-state index in [0.29, 0.717) is 11.8 Å². The monoisotopic (exact) mass is 262 g/mol. The number of aromatic hydroxyl groups is 1. The van der Waals surface area contributed by atoms with E-state index in [1.54, 1.807) is 0 Å². The van der Waals surface area contributed by atoms with Gasteiger partial charge in [0, 0.05) is 18.6 Å². The van der Waals surface area contributed by atoms with Gasteiger partial charge in [-0.1, -0.05) is 18.6 Å². The van der Waals surface area contributed by atoms with E-state index in [9.17, 15) is 5.11 Å². The molecule has 1 aliphatic heterocycles. The predicted molar refractivity (Wildman–Crippen MR) is 79.3 cm³/mol. The molecule has 0 spiro atoms. The van der Waals surface area contributed by atoms with E-state index in [1.165, 1.54) is 24.8 Å². The van der Waals surface area contributed by atoms with Crippen LogP contribution in [0.15, 0.2) is 12.1 Å². The van der Waals surface area contributed by atoms with Gasteiger partial charge < -0.3 is 10.8 Å². The molecule has 0 saturated carbocycles. The van der Waals surface area contributed by atoms with Crippen molar-refractivity contribution in [2.45, 2.75) is 58.7 Å². The maximum Gasteiger partial charge on any atom is 0.121 e. The van der Waals surface area contributed by atoms with Gasteiger partial charge in [-0.05, 0) is 56.8 Å². The fraction of sp³-hybridized carbons (Fsp3) is 0.625. The molecule has 0 radical (unpaired) electrons. The zero-order chi connectivity index (χ0) is 14.0. The second kappa shape index (κ2) is 5.93. The highest BCUT2D eigenvalue weighted by Gasteiger charge is 2.25. The summed E-state index contributed by atoms with van der Waals surface area (Å²) in [4.78, 5) is 2.50. The fourth-order valence-electron chi connectivity index (χ4n) is 3.18. The first-order valence-corrected chi connectivity index (χ1v) is 7.27. The second-order valence-corrected chi connectivity index (χ2v) is 5.97. The van der Waals surface area contributed by atoms with Gasteiger partial charge in [0.2, 0.25) is 0 Å². The third-order valence-electron chi connectivity index (χ3n) is 4.21. The Hall–Kier alpha value is -1.06. The Morgan fingerprint density at radius 2 is 1.95 bits per heavy atom. The molecule has 2 rings (SSSR count). The third kappa shape index (κ3) is 3.28. The lowest BCUT2D eigenvalue weighted by atomic mass is 9.95. The molecule has 106 valence electrons. The van der Waals surface area contributed by atoms with Crippen LogP contribution in [0.25, 0.3) is 0 Å². The lowest BCUT2D eigenvalue weighted by Crippen LogP contribution is -2.48. The van der Waals surface area contributed by atoms with Crippen molar-refractivity contribution < 1.29 is 5.11 Å². The molecular weight excluding hydrogens is 236 g/mol. The average Bonchev–Trinajstić information content (AvgIpc) is 2.36. The van der Waals surface area contributed by atoms with Gasteiger partial charge in [0.1, 0.15) is 5.75 Å². The molecular formula is C16H26N2O. The molecule has 2 unspecified atom stereocenters. The van der Waals surface area contributed by atoms with Crippen molar-refractivity contribution >= 4 is 0 Å². The average molecular weight is 262 g/mol. The van der Waals surface area contributed by atoms with Crippen molar-refractivity contribution in [3.8, 4) is 5.75 Å². The van der Waals surface area contributed by atoms with Crippen LogP contribution in [0.2, 0.25) is 0 Å². The first-order valence-electron chi connectivity index (χ1n) is 7.27. The Morgan fingerprint density at radius 1 is 1.32 bits per heavy atom. The number of phenols is 1. The summed E-state index contributed by atoms with van der Waals surface area (Å²) >= 11 is 0. The molecule has 1 aromatic carbocycles. The molecule has 1 aliphatic rings. The molecule has 3 heteroatoms. The quantitative estimate of drug-likeness (QED) is 0.880. The second-order valence-electron chi connectivity index (χ2n) is 5.97. The molecule has 0 amide bonds. The summed E-state index contributed by atoms with van der Waals surface area (Å²) in [5, 5.41) is 9.84. The molecule has 1 fully saturated rings. The molecule has 0 aliphatic carbocycles. The van der Waals surface area contributed by atoms with E-state index in [2.05, 4.69) is 24.0 Å². The van der Waals surface area contributed by atoms with Gasteiger partial charge in [-0.2, -0.15) is 0 Å². The van der Waals surface area contributed by atoms with Crippen molar-refractivity contribution in [1.82, 2.24) is 4.90 Å². The van der Waals surface area contributed by atoms with Crippen LogP contribution in [0.3, 0.4) is 0 Å². The summed E-state index contributed by atoms with van der Waals surface area (Å²) in [6.07, 6.45) is 3.75. The number of nitrogens with two attached hydrogens (primary N) is 1. The highest BCUT2D eigenvalue weighted by Crippen LogP contribution is 2.26. The molecule has 0 bridgehead atoms.